The molecular weight excluding hydrogens is 228 g/mol. The smallest absolute Gasteiger partial charge is 0.257 e. The molecule has 2 N–H and O–H groups in total. The Morgan fingerprint density at radius 3 is 2.00 bits per heavy atom. The highest BCUT2D eigenvalue weighted by Gasteiger charge is 2.33. The molecule has 1 aromatic carbocycles. The van der Waals surface area contributed by atoms with Crippen molar-refractivity contribution in [2.24, 2.45) is 5.73 Å². The van der Waals surface area contributed by atoms with Gasteiger partial charge in [-0.05, 0) is 25.0 Å². The molecule has 2 rings (SSSR count). The zero-order valence-electron chi connectivity index (χ0n) is 10.6. The van der Waals surface area contributed by atoms with E-state index in [1.165, 1.54) is 4.90 Å². The van der Waals surface area contributed by atoms with Gasteiger partial charge in [0, 0.05) is 17.7 Å². The molecule has 0 radical (unpaired) electrons. The molecule has 4 nitrogen and oxygen atoms in total. The van der Waals surface area contributed by atoms with Crippen LogP contribution in [0.25, 0.3) is 0 Å². The summed E-state index contributed by atoms with van der Waals surface area (Å²) >= 11 is 0. The van der Waals surface area contributed by atoms with Crippen molar-refractivity contribution in [2.45, 2.75) is 26.9 Å². The molecule has 0 bridgehead atoms. The highest BCUT2D eigenvalue weighted by molar-refractivity contribution is 6.18. The first-order valence-electron chi connectivity index (χ1n) is 5.86. The Labute approximate surface area is 106 Å². The third-order valence-corrected chi connectivity index (χ3v) is 3.36. The van der Waals surface area contributed by atoms with E-state index in [4.69, 9.17) is 5.73 Å². The fourth-order valence-electron chi connectivity index (χ4n) is 2.04. The van der Waals surface area contributed by atoms with Crippen molar-refractivity contribution < 1.29 is 9.59 Å². The number of hydrogen-bond acceptors (Lipinski definition) is 3. The van der Waals surface area contributed by atoms with Crippen LogP contribution in [0.5, 0.6) is 0 Å². The lowest BCUT2D eigenvalue weighted by Crippen LogP contribution is -2.31. The van der Waals surface area contributed by atoms with Gasteiger partial charge in [0.1, 0.15) is 0 Å². The Kier molecular flexibility index (Phi) is 3.30. The van der Waals surface area contributed by atoms with E-state index >= 15 is 0 Å². The monoisotopic (exact) mass is 244 g/mol. The normalized spacial score (nSPS) is 15.8. The van der Waals surface area contributed by atoms with Crippen LogP contribution in [0.1, 0.15) is 25.0 Å². The van der Waals surface area contributed by atoms with Crippen LogP contribution in [-0.2, 0) is 22.7 Å². The van der Waals surface area contributed by atoms with Crippen LogP contribution in [0.2, 0.25) is 0 Å². The largest absolute Gasteiger partial charge is 0.326 e. The maximum absolute atomic E-state index is 11.9. The number of hydrogen-bond donors (Lipinski definition) is 1. The molecule has 0 fully saturated rings. The summed E-state index contributed by atoms with van der Waals surface area (Å²) in [4.78, 5) is 25.2. The van der Waals surface area contributed by atoms with Gasteiger partial charge >= 0.3 is 0 Å². The summed E-state index contributed by atoms with van der Waals surface area (Å²) in [6.45, 7) is 4.06. The van der Waals surface area contributed by atoms with Crippen LogP contribution >= 0.6 is 0 Å². The molecule has 0 saturated heterocycles. The van der Waals surface area contributed by atoms with E-state index in [1.54, 1.807) is 13.8 Å². The third kappa shape index (κ3) is 1.95. The first-order valence-corrected chi connectivity index (χ1v) is 5.86. The molecule has 0 saturated carbocycles. The van der Waals surface area contributed by atoms with Gasteiger partial charge in [0.15, 0.2) is 0 Å². The van der Waals surface area contributed by atoms with Crippen LogP contribution in [0, 0.1) is 0 Å². The fourth-order valence-corrected chi connectivity index (χ4v) is 2.04. The summed E-state index contributed by atoms with van der Waals surface area (Å²) in [5.41, 5.74) is 8.59. The average Bonchev–Trinajstić information content (AvgIpc) is 2.57. The summed E-state index contributed by atoms with van der Waals surface area (Å²) in [6, 6.07) is 7.58. The summed E-state index contributed by atoms with van der Waals surface area (Å²) in [7, 11) is 0. The van der Waals surface area contributed by atoms with Crippen molar-refractivity contribution in [3.63, 3.8) is 0 Å². The highest BCUT2D eigenvalue weighted by atomic mass is 16.2. The van der Waals surface area contributed by atoms with Crippen molar-refractivity contribution in [1.29, 1.82) is 0 Å². The molecule has 1 aliphatic rings. The van der Waals surface area contributed by atoms with Crippen LogP contribution in [0.4, 0.5) is 0 Å². The Balaban J connectivity index is 2.26. The number of imide groups is 1. The zero-order chi connectivity index (χ0) is 13.3. The first kappa shape index (κ1) is 12.5. The van der Waals surface area contributed by atoms with Crippen LogP contribution in [0.15, 0.2) is 35.4 Å². The van der Waals surface area contributed by atoms with Gasteiger partial charge in [0.05, 0.1) is 6.54 Å². The predicted octanol–water partition coefficient (Wildman–Crippen LogP) is 1.35. The van der Waals surface area contributed by atoms with Gasteiger partial charge in [-0.1, -0.05) is 24.3 Å². The van der Waals surface area contributed by atoms with Crippen molar-refractivity contribution >= 4 is 11.8 Å². The Morgan fingerprint density at radius 1 is 1.00 bits per heavy atom. The molecule has 0 aliphatic carbocycles. The van der Waals surface area contributed by atoms with Gasteiger partial charge in [-0.25, -0.2) is 0 Å². The first-order chi connectivity index (χ1) is 8.56. The number of benzene rings is 1. The van der Waals surface area contributed by atoms with Crippen molar-refractivity contribution in [2.75, 3.05) is 0 Å². The number of nitrogens with two attached hydrogens (primary N) is 1. The molecule has 0 unspecified atom stereocenters. The zero-order valence-corrected chi connectivity index (χ0v) is 10.6. The molecule has 0 atom stereocenters. The lowest BCUT2D eigenvalue weighted by molar-refractivity contribution is -0.138. The second-order valence-electron chi connectivity index (χ2n) is 4.42. The summed E-state index contributed by atoms with van der Waals surface area (Å²) < 4.78 is 0. The molecule has 2 amide bonds. The summed E-state index contributed by atoms with van der Waals surface area (Å²) in [6.07, 6.45) is 0. The van der Waals surface area contributed by atoms with E-state index in [9.17, 15) is 9.59 Å². The molecule has 18 heavy (non-hydrogen) atoms. The van der Waals surface area contributed by atoms with Gasteiger partial charge in [-0.15, -0.1) is 0 Å². The lowest BCUT2D eigenvalue weighted by atomic mass is 10.1. The Bertz CT molecular complexity index is 522. The van der Waals surface area contributed by atoms with Gasteiger partial charge in [-0.2, -0.15) is 0 Å². The van der Waals surface area contributed by atoms with E-state index in [0.717, 1.165) is 11.1 Å². The second-order valence-corrected chi connectivity index (χ2v) is 4.42. The maximum Gasteiger partial charge on any atom is 0.257 e. The molecular formula is C14H16N2O2. The van der Waals surface area contributed by atoms with E-state index in [0.29, 0.717) is 24.2 Å². The van der Waals surface area contributed by atoms with E-state index < -0.39 is 0 Å². The average molecular weight is 244 g/mol. The Hall–Kier alpha value is -1.94. The number of carbonyl (C=O) groups excluding carboxylic acids is 2. The van der Waals surface area contributed by atoms with Crippen molar-refractivity contribution in [1.82, 2.24) is 4.90 Å². The third-order valence-electron chi connectivity index (χ3n) is 3.36. The standard InChI is InChI=1S/C14H16N2O2/c1-9-10(2)14(18)16(13(9)17)8-12-6-4-3-5-11(12)7-15/h3-6H,7-8,15H2,1-2H3. The van der Waals surface area contributed by atoms with E-state index in [-0.39, 0.29) is 11.8 Å². The Morgan fingerprint density at radius 2 is 1.50 bits per heavy atom. The van der Waals surface area contributed by atoms with Crippen LogP contribution < -0.4 is 5.73 Å². The molecule has 1 aliphatic heterocycles. The maximum atomic E-state index is 11.9. The van der Waals surface area contributed by atoms with E-state index in [1.807, 2.05) is 24.3 Å². The topological polar surface area (TPSA) is 63.4 Å². The highest BCUT2D eigenvalue weighted by Crippen LogP contribution is 2.22. The molecule has 0 spiro atoms. The number of amides is 2. The van der Waals surface area contributed by atoms with Gasteiger partial charge in [-0.3, -0.25) is 14.5 Å². The van der Waals surface area contributed by atoms with Crippen molar-refractivity contribution in [3.05, 3.63) is 46.5 Å². The second kappa shape index (κ2) is 4.74. The van der Waals surface area contributed by atoms with Gasteiger partial charge in [0.2, 0.25) is 0 Å². The lowest BCUT2D eigenvalue weighted by Gasteiger charge is -2.16. The molecule has 0 aromatic heterocycles. The quantitative estimate of drug-likeness (QED) is 0.816. The minimum Gasteiger partial charge on any atom is -0.326 e. The van der Waals surface area contributed by atoms with Crippen LogP contribution in [-0.4, -0.2) is 16.7 Å². The molecule has 1 aromatic rings. The number of rotatable bonds is 3. The summed E-state index contributed by atoms with van der Waals surface area (Å²) in [5, 5.41) is 0. The molecule has 4 heteroatoms. The molecule has 94 valence electrons. The van der Waals surface area contributed by atoms with E-state index in [2.05, 4.69) is 0 Å². The number of nitrogens with zero attached hydrogens (tertiary/aromatic N) is 1. The minimum atomic E-state index is -0.204. The summed E-state index contributed by atoms with van der Waals surface area (Å²) in [5.74, 6) is -0.409. The fraction of sp³-hybridized carbons (Fsp3) is 0.286. The minimum absolute atomic E-state index is 0.204. The predicted molar refractivity (Wildman–Crippen MR) is 68.3 cm³/mol. The van der Waals surface area contributed by atoms with Crippen molar-refractivity contribution in [3.8, 4) is 0 Å². The SMILES string of the molecule is CC1=C(C)C(=O)N(Cc2ccccc2CN)C1=O. The number of carbonyl (C=O) groups is 2. The van der Waals surface area contributed by atoms with Gasteiger partial charge in [0.25, 0.3) is 11.8 Å². The van der Waals surface area contributed by atoms with Gasteiger partial charge < -0.3 is 5.73 Å². The molecule has 1 heterocycles. The van der Waals surface area contributed by atoms with Crippen LogP contribution in [0.3, 0.4) is 0 Å².